The number of hydrogen-bond donors (Lipinski definition) is 2. The molecule has 0 bridgehead atoms. The summed E-state index contributed by atoms with van der Waals surface area (Å²) in [6.45, 7) is -0.337. The third-order valence-electron chi connectivity index (χ3n) is 6.25. The van der Waals surface area contributed by atoms with E-state index in [1.54, 1.807) is 24.3 Å². The molecule has 0 spiro atoms. The van der Waals surface area contributed by atoms with E-state index in [-0.39, 0.29) is 30.1 Å². The molecule has 40 heavy (non-hydrogen) atoms. The molecule has 4 aromatic rings. The summed E-state index contributed by atoms with van der Waals surface area (Å²) in [4.78, 5) is 30.2. The molecule has 2 N–H and O–H groups in total. The Morgan fingerprint density at radius 3 is 2.62 bits per heavy atom. The summed E-state index contributed by atoms with van der Waals surface area (Å²) in [6, 6.07) is 12.6. The molecular weight excluding hydrogens is 555 g/mol. The van der Waals surface area contributed by atoms with Gasteiger partial charge in [-0.25, -0.2) is 19.1 Å². The van der Waals surface area contributed by atoms with Gasteiger partial charge in [-0.15, -0.1) is 10.2 Å². The summed E-state index contributed by atoms with van der Waals surface area (Å²) >= 11 is 5.92. The standard InChI is InChI=1S/C25H23ClF3N7O4/c26-16-7-5-15(6-8-16)22-33-35(24(39)34(22)11-20(37)25(27,28)29)12-21-30-14-36(32-21)19-4-2-1-3-18(19)23(38)31-17-9-10-40-13-17/h1-8,14,17,20,37H,9-13H2,(H,31,38)/t17?,20-/m0/s1. The lowest BCUT2D eigenvalue weighted by Gasteiger charge is -2.15. The van der Waals surface area contributed by atoms with Crippen LogP contribution in [0, 0.1) is 0 Å². The lowest BCUT2D eigenvalue weighted by Crippen LogP contribution is -2.37. The van der Waals surface area contributed by atoms with Gasteiger partial charge in [0.1, 0.15) is 12.9 Å². The number of nitrogens with zero attached hydrogens (tertiary/aromatic N) is 6. The first-order chi connectivity index (χ1) is 19.1. The molecule has 15 heteroatoms. The van der Waals surface area contributed by atoms with Crippen molar-refractivity contribution >= 4 is 17.5 Å². The van der Waals surface area contributed by atoms with Gasteiger partial charge in [-0.1, -0.05) is 23.7 Å². The van der Waals surface area contributed by atoms with Gasteiger partial charge in [0.05, 0.1) is 30.4 Å². The summed E-state index contributed by atoms with van der Waals surface area (Å²) in [5.41, 5.74) is 0.202. The van der Waals surface area contributed by atoms with Crippen molar-refractivity contribution in [3.05, 3.63) is 81.8 Å². The predicted molar refractivity (Wildman–Crippen MR) is 136 cm³/mol. The van der Waals surface area contributed by atoms with Gasteiger partial charge in [0.15, 0.2) is 17.8 Å². The number of benzene rings is 2. The van der Waals surface area contributed by atoms with Crippen molar-refractivity contribution in [2.75, 3.05) is 13.2 Å². The van der Waals surface area contributed by atoms with Crippen molar-refractivity contribution in [2.24, 2.45) is 0 Å². The zero-order valence-electron chi connectivity index (χ0n) is 20.8. The van der Waals surface area contributed by atoms with Crippen LogP contribution in [0.5, 0.6) is 0 Å². The Kier molecular flexibility index (Phi) is 7.74. The first kappa shape index (κ1) is 27.6. The van der Waals surface area contributed by atoms with E-state index in [0.717, 1.165) is 9.25 Å². The molecule has 1 saturated heterocycles. The summed E-state index contributed by atoms with van der Waals surface area (Å²) in [7, 11) is 0. The van der Waals surface area contributed by atoms with E-state index >= 15 is 0 Å². The van der Waals surface area contributed by atoms with Gasteiger partial charge >= 0.3 is 11.9 Å². The molecule has 0 radical (unpaired) electrons. The first-order valence-electron chi connectivity index (χ1n) is 12.2. The number of alkyl halides is 3. The number of carbonyl (C=O) groups excluding carboxylic acids is 1. The number of carbonyl (C=O) groups is 1. The Morgan fingerprint density at radius 2 is 1.93 bits per heavy atom. The molecule has 1 amide bonds. The molecule has 1 unspecified atom stereocenters. The number of halogens is 4. The number of rotatable bonds is 8. The molecule has 1 aliphatic rings. The average molecular weight is 578 g/mol. The highest BCUT2D eigenvalue weighted by Gasteiger charge is 2.39. The maximum absolute atomic E-state index is 13.1. The summed E-state index contributed by atoms with van der Waals surface area (Å²) in [5, 5.41) is 21.5. The quantitative estimate of drug-likeness (QED) is 0.329. The predicted octanol–water partition coefficient (Wildman–Crippen LogP) is 2.44. The number of aliphatic hydroxyl groups excluding tert-OH is 1. The normalized spacial score (nSPS) is 16.3. The summed E-state index contributed by atoms with van der Waals surface area (Å²) in [5.74, 6) is -0.290. The summed E-state index contributed by atoms with van der Waals surface area (Å²) in [6.07, 6.45) is -5.66. The molecule has 1 aliphatic heterocycles. The minimum atomic E-state index is -4.94. The average Bonchev–Trinajstić information content (AvgIpc) is 3.67. The number of ether oxygens (including phenoxy) is 1. The van der Waals surface area contributed by atoms with E-state index < -0.39 is 24.5 Å². The summed E-state index contributed by atoms with van der Waals surface area (Å²) < 4.78 is 47.6. The number of aliphatic hydroxyl groups is 1. The van der Waals surface area contributed by atoms with Gasteiger partial charge in [0.2, 0.25) is 0 Å². The Morgan fingerprint density at radius 1 is 1.18 bits per heavy atom. The van der Waals surface area contributed by atoms with Gasteiger partial charge in [-0.05, 0) is 42.8 Å². The van der Waals surface area contributed by atoms with Crippen molar-refractivity contribution in [1.29, 1.82) is 0 Å². The Labute approximate surface area is 229 Å². The van der Waals surface area contributed by atoms with Crippen LogP contribution in [0.15, 0.2) is 59.7 Å². The lowest BCUT2D eigenvalue weighted by molar-refractivity contribution is -0.207. The molecule has 2 aromatic carbocycles. The number of para-hydroxylation sites is 1. The minimum absolute atomic E-state index is 0.0951. The van der Waals surface area contributed by atoms with Crippen LogP contribution in [-0.2, 0) is 17.8 Å². The highest BCUT2D eigenvalue weighted by Crippen LogP contribution is 2.24. The van der Waals surface area contributed by atoms with E-state index in [2.05, 4.69) is 20.5 Å². The van der Waals surface area contributed by atoms with Gasteiger partial charge in [0, 0.05) is 17.2 Å². The van der Waals surface area contributed by atoms with Crippen LogP contribution in [0.3, 0.4) is 0 Å². The monoisotopic (exact) mass is 577 g/mol. The SMILES string of the molecule is O=C(NC1CCOC1)c1ccccc1-n1cnc(Cn2nc(-c3ccc(Cl)cc3)n(C[C@H](O)C(F)(F)F)c2=O)n1. The molecule has 2 atom stereocenters. The van der Waals surface area contributed by atoms with Crippen LogP contribution in [0.2, 0.25) is 5.02 Å². The van der Waals surface area contributed by atoms with E-state index in [9.17, 15) is 27.9 Å². The van der Waals surface area contributed by atoms with Crippen molar-refractivity contribution in [3.8, 4) is 17.1 Å². The van der Waals surface area contributed by atoms with E-state index in [0.29, 0.717) is 41.5 Å². The van der Waals surface area contributed by atoms with Crippen LogP contribution in [0.4, 0.5) is 13.2 Å². The Bertz CT molecular complexity index is 1560. The second-order valence-electron chi connectivity index (χ2n) is 9.10. The molecule has 0 aliphatic carbocycles. The molecule has 0 saturated carbocycles. The highest BCUT2D eigenvalue weighted by molar-refractivity contribution is 6.30. The number of amides is 1. The van der Waals surface area contributed by atoms with E-state index in [4.69, 9.17) is 16.3 Å². The highest BCUT2D eigenvalue weighted by atomic mass is 35.5. The lowest BCUT2D eigenvalue weighted by atomic mass is 10.1. The number of aromatic nitrogens is 6. The Balaban J connectivity index is 1.43. The van der Waals surface area contributed by atoms with E-state index in [1.807, 2.05) is 0 Å². The Hall–Kier alpha value is -4.01. The smallest absolute Gasteiger partial charge is 0.382 e. The van der Waals surface area contributed by atoms with Crippen molar-refractivity contribution in [2.45, 2.75) is 37.8 Å². The fraction of sp³-hybridized carbons (Fsp3) is 0.320. The second kappa shape index (κ2) is 11.2. The second-order valence-corrected chi connectivity index (χ2v) is 9.53. The molecule has 2 aromatic heterocycles. The molecule has 3 heterocycles. The number of hydrogen-bond acceptors (Lipinski definition) is 7. The first-order valence-corrected chi connectivity index (χ1v) is 12.5. The topological polar surface area (TPSA) is 129 Å². The third-order valence-corrected chi connectivity index (χ3v) is 6.50. The van der Waals surface area contributed by atoms with Crippen molar-refractivity contribution in [3.63, 3.8) is 0 Å². The van der Waals surface area contributed by atoms with E-state index in [1.165, 1.54) is 35.3 Å². The zero-order valence-corrected chi connectivity index (χ0v) is 21.5. The number of nitrogens with one attached hydrogen (secondary N) is 1. The zero-order chi connectivity index (χ0) is 28.4. The fourth-order valence-electron chi connectivity index (χ4n) is 4.19. The van der Waals surface area contributed by atoms with Gasteiger partial charge in [0.25, 0.3) is 5.91 Å². The molecule has 11 nitrogen and oxygen atoms in total. The van der Waals surface area contributed by atoms with Crippen LogP contribution < -0.4 is 11.0 Å². The van der Waals surface area contributed by atoms with Crippen LogP contribution in [0.1, 0.15) is 22.6 Å². The van der Waals surface area contributed by atoms with Crippen molar-refractivity contribution in [1.82, 2.24) is 34.4 Å². The molecule has 210 valence electrons. The molecule has 5 rings (SSSR count). The van der Waals surface area contributed by atoms with Crippen molar-refractivity contribution < 1.29 is 27.8 Å². The van der Waals surface area contributed by atoms with Gasteiger partial charge in [-0.3, -0.25) is 9.36 Å². The largest absolute Gasteiger partial charge is 0.416 e. The van der Waals surface area contributed by atoms with Crippen LogP contribution in [0.25, 0.3) is 17.1 Å². The van der Waals surface area contributed by atoms with Crippen LogP contribution in [-0.4, -0.2) is 71.7 Å². The minimum Gasteiger partial charge on any atom is -0.382 e. The van der Waals surface area contributed by atoms with Crippen LogP contribution >= 0.6 is 11.6 Å². The van der Waals surface area contributed by atoms with Gasteiger partial charge < -0.3 is 15.2 Å². The fourth-order valence-corrected chi connectivity index (χ4v) is 4.32. The van der Waals surface area contributed by atoms with Gasteiger partial charge in [-0.2, -0.15) is 13.2 Å². The third kappa shape index (κ3) is 5.93. The maximum Gasteiger partial charge on any atom is 0.416 e. The molecular formula is C25H23ClF3N7O4. The maximum atomic E-state index is 13.1. The molecule has 1 fully saturated rings.